The van der Waals surface area contributed by atoms with Crippen molar-refractivity contribution in [3.05, 3.63) is 51.2 Å². The molecule has 3 aliphatic heterocycles. The molecular formula is C22H29N5O3. The van der Waals surface area contributed by atoms with Crippen LogP contribution < -0.4 is 5.56 Å². The number of pyridine rings is 1. The molecule has 30 heavy (non-hydrogen) atoms. The summed E-state index contributed by atoms with van der Waals surface area (Å²) in [5, 5.41) is 7.38. The van der Waals surface area contributed by atoms with Gasteiger partial charge in [0.2, 0.25) is 0 Å². The number of amides is 1. The smallest absolute Gasteiger partial charge is 0.263 e. The first kappa shape index (κ1) is 19.5. The van der Waals surface area contributed by atoms with Gasteiger partial charge in [0.25, 0.3) is 11.5 Å². The van der Waals surface area contributed by atoms with Crippen LogP contribution in [0.1, 0.15) is 46.2 Å². The van der Waals surface area contributed by atoms with Gasteiger partial charge < -0.3 is 14.2 Å². The maximum absolute atomic E-state index is 13.2. The van der Waals surface area contributed by atoms with Crippen LogP contribution in [0.15, 0.2) is 23.0 Å². The fraction of sp³-hybridized carbons (Fsp3) is 0.591. The van der Waals surface area contributed by atoms with E-state index >= 15 is 0 Å². The van der Waals surface area contributed by atoms with E-state index in [1.165, 1.54) is 0 Å². The molecule has 0 unspecified atom stereocenters. The summed E-state index contributed by atoms with van der Waals surface area (Å²) in [6.45, 7) is 7.80. The molecule has 2 aromatic rings. The molecule has 2 atom stereocenters. The van der Waals surface area contributed by atoms with Crippen LogP contribution in [0.25, 0.3) is 0 Å². The number of likely N-dealkylation sites (tertiary alicyclic amines) is 1. The highest BCUT2D eigenvalue weighted by molar-refractivity contribution is 5.94. The highest BCUT2D eigenvalue weighted by atomic mass is 16.5. The van der Waals surface area contributed by atoms with Gasteiger partial charge in [-0.25, -0.2) is 0 Å². The third kappa shape index (κ3) is 3.70. The topological polar surface area (TPSA) is 83.5 Å². The molecule has 1 amide bonds. The minimum atomic E-state index is -0.160. The van der Waals surface area contributed by atoms with E-state index in [9.17, 15) is 9.59 Å². The average Bonchev–Trinajstić information content (AvgIpc) is 2.97. The Morgan fingerprint density at radius 3 is 2.97 bits per heavy atom. The Morgan fingerprint density at radius 2 is 2.13 bits per heavy atom. The summed E-state index contributed by atoms with van der Waals surface area (Å²) in [6, 6.07) is 5.85. The van der Waals surface area contributed by atoms with Gasteiger partial charge in [0.15, 0.2) is 0 Å². The number of fused-ring (bicyclic) bond motifs is 4. The van der Waals surface area contributed by atoms with Crippen LogP contribution in [-0.4, -0.2) is 69.9 Å². The Bertz CT molecular complexity index is 989. The molecule has 8 heteroatoms. The number of carbonyl (C=O) groups is 1. The lowest BCUT2D eigenvalue weighted by molar-refractivity contribution is 0.0736. The number of hydrogen-bond acceptors (Lipinski definition) is 5. The van der Waals surface area contributed by atoms with Crippen molar-refractivity contribution in [3.63, 3.8) is 0 Å². The van der Waals surface area contributed by atoms with Gasteiger partial charge in [-0.3, -0.25) is 19.6 Å². The van der Waals surface area contributed by atoms with Gasteiger partial charge in [0.05, 0.1) is 12.3 Å². The largest absolute Gasteiger partial charge is 0.380 e. The van der Waals surface area contributed by atoms with Gasteiger partial charge in [-0.1, -0.05) is 0 Å². The molecule has 5 rings (SSSR count). The molecule has 0 aromatic carbocycles. The third-order valence-electron chi connectivity index (χ3n) is 6.56. The number of rotatable bonds is 3. The van der Waals surface area contributed by atoms with E-state index in [4.69, 9.17) is 4.74 Å². The lowest BCUT2D eigenvalue weighted by Crippen LogP contribution is -2.48. The number of hydrogen-bond donors (Lipinski definition) is 1. The van der Waals surface area contributed by atoms with Crippen molar-refractivity contribution in [2.45, 2.75) is 38.8 Å². The lowest BCUT2D eigenvalue weighted by Gasteiger charge is -2.42. The summed E-state index contributed by atoms with van der Waals surface area (Å²) in [5.74, 6) is 0.582. The summed E-state index contributed by atoms with van der Waals surface area (Å²) < 4.78 is 7.32. The van der Waals surface area contributed by atoms with Gasteiger partial charge in [-0.05, 0) is 43.9 Å². The summed E-state index contributed by atoms with van der Waals surface area (Å²) in [7, 11) is 0. The van der Waals surface area contributed by atoms with Gasteiger partial charge in [0, 0.05) is 63.2 Å². The molecule has 5 heterocycles. The van der Waals surface area contributed by atoms with E-state index in [1.54, 1.807) is 11.0 Å². The van der Waals surface area contributed by atoms with Crippen LogP contribution in [0.3, 0.4) is 0 Å². The van der Waals surface area contributed by atoms with Crippen molar-refractivity contribution in [1.82, 2.24) is 24.6 Å². The number of aryl methyl sites for hydroxylation is 1. The number of piperidine rings is 1. The summed E-state index contributed by atoms with van der Waals surface area (Å²) >= 11 is 0. The second-order valence-corrected chi connectivity index (χ2v) is 8.88. The van der Waals surface area contributed by atoms with E-state index in [-0.39, 0.29) is 11.5 Å². The maximum atomic E-state index is 13.2. The molecule has 2 aromatic heterocycles. The van der Waals surface area contributed by atoms with Gasteiger partial charge in [0.1, 0.15) is 5.56 Å². The fourth-order valence-corrected chi connectivity index (χ4v) is 5.24. The number of aromatic amines is 1. The van der Waals surface area contributed by atoms with E-state index < -0.39 is 0 Å². The minimum Gasteiger partial charge on any atom is -0.380 e. The maximum Gasteiger partial charge on any atom is 0.263 e. The number of nitrogens with one attached hydrogen (secondary N) is 1. The summed E-state index contributed by atoms with van der Waals surface area (Å²) in [5.41, 5.74) is 3.37. The molecule has 1 N–H and O–H groups in total. The summed E-state index contributed by atoms with van der Waals surface area (Å²) in [4.78, 5) is 30.4. The molecule has 0 spiro atoms. The van der Waals surface area contributed by atoms with Crippen LogP contribution in [0.2, 0.25) is 0 Å². The van der Waals surface area contributed by atoms with Crippen LogP contribution in [-0.2, 0) is 17.8 Å². The Hall–Kier alpha value is -2.45. The molecule has 0 aliphatic carbocycles. The number of nitrogens with zero attached hydrogens (tertiary/aromatic N) is 4. The van der Waals surface area contributed by atoms with Crippen LogP contribution in [0, 0.1) is 12.8 Å². The number of ether oxygens (including phenoxy) is 1. The normalized spacial score (nSPS) is 24.4. The first-order valence-electron chi connectivity index (χ1n) is 10.9. The fourth-order valence-electron chi connectivity index (χ4n) is 5.24. The highest BCUT2D eigenvalue weighted by Crippen LogP contribution is 2.35. The molecule has 2 saturated heterocycles. The van der Waals surface area contributed by atoms with E-state index in [0.717, 1.165) is 49.6 Å². The first-order chi connectivity index (χ1) is 14.6. The van der Waals surface area contributed by atoms with Crippen LogP contribution >= 0.6 is 0 Å². The zero-order valence-electron chi connectivity index (χ0n) is 17.5. The van der Waals surface area contributed by atoms with E-state index in [1.807, 2.05) is 17.6 Å². The van der Waals surface area contributed by atoms with Gasteiger partial charge in [-0.2, -0.15) is 5.10 Å². The SMILES string of the molecule is Cc1cc(CN2C[C@@H]3C[C@H](C2)c2ccc(C(=O)N4CCCOCC4)c(=O)n2C3)n[nH]1. The molecule has 0 saturated carbocycles. The molecule has 2 bridgehead atoms. The third-order valence-corrected chi connectivity index (χ3v) is 6.56. The van der Waals surface area contributed by atoms with Crippen molar-refractivity contribution >= 4 is 5.91 Å². The second-order valence-electron chi connectivity index (χ2n) is 8.88. The minimum absolute atomic E-state index is 0.131. The number of H-pyrrole nitrogens is 1. The molecule has 160 valence electrons. The predicted molar refractivity (Wildman–Crippen MR) is 111 cm³/mol. The number of aromatic nitrogens is 3. The van der Waals surface area contributed by atoms with Crippen LogP contribution in [0.4, 0.5) is 0 Å². The Labute approximate surface area is 175 Å². The van der Waals surface area contributed by atoms with Gasteiger partial charge >= 0.3 is 0 Å². The van der Waals surface area contributed by atoms with E-state index in [2.05, 4.69) is 21.2 Å². The highest BCUT2D eigenvalue weighted by Gasteiger charge is 2.36. The monoisotopic (exact) mass is 411 g/mol. The molecule has 8 nitrogen and oxygen atoms in total. The number of carbonyl (C=O) groups excluding carboxylic acids is 1. The zero-order chi connectivity index (χ0) is 20.7. The molecule has 0 radical (unpaired) electrons. The molecule has 2 fully saturated rings. The Morgan fingerprint density at radius 1 is 1.23 bits per heavy atom. The van der Waals surface area contributed by atoms with E-state index in [0.29, 0.717) is 50.2 Å². The van der Waals surface area contributed by atoms with Gasteiger partial charge in [-0.15, -0.1) is 0 Å². The standard InChI is InChI=1S/C22H29N5O3/c1-15-9-18(24-23-15)14-25-11-16-10-17(13-25)20-4-3-19(22(29)27(20)12-16)21(28)26-5-2-7-30-8-6-26/h3-4,9,16-17H,2,5-8,10-14H2,1H3,(H,23,24)/t16-,17+/m0/s1. The Balaban J connectivity index is 1.37. The van der Waals surface area contributed by atoms with Crippen molar-refractivity contribution in [3.8, 4) is 0 Å². The van der Waals surface area contributed by atoms with Crippen LogP contribution in [0.5, 0.6) is 0 Å². The van der Waals surface area contributed by atoms with Crippen molar-refractivity contribution in [2.75, 3.05) is 39.4 Å². The van der Waals surface area contributed by atoms with Crippen molar-refractivity contribution in [2.24, 2.45) is 5.92 Å². The first-order valence-corrected chi connectivity index (χ1v) is 10.9. The summed E-state index contributed by atoms with van der Waals surface area (Å²) in [6.07, 6.45) is 1.92. The molecular weight excluding hydrogens is 382 g/mol. The zero-order valence-corrected chi connectivity index (χ0v) is 17.5. The predicted octanol–water partition coefficient (Wildman–Crippen LogP) is 1.36. The quantitative estimate of drug-likeness (QED) is 0.825. The second kappa shape index (κ2) is 8.00. The molecule has 3 aliphatic rings. The Kier molecular flexibility index (Phi) is 5.20. The van der Waals surface area contributed by atoms with Crippen molar-refractivity contribution < 1.29 is 9.53 Å². The lowest BCUT2D eigenvalue weighted by atomic mass is 9.83. The van der Waals surface area contributed by atoms with Crippen molar-refractivity contribution in [1.29, 1.82) is 0 Å². The average molecular weight is 412 g/mol.